The number of alkyl halides is 2. The summed E-state index contributed by atoms with van der Waals surface area (Å²) in [5, 5.41) is 12.4. The molecule has 116 valence electrons. The summed E-state index contributed by atoms with van der Waals surface area (Å²) in [6.07, 6.45) is 1.46. The van der Waals surface area contributed by atoms with Gasteiger partial charge in [0.1, 0.15) is 5.75 Å². The summed E-state index contributed by atoms with van der Waals surface area (Å²) in [5.41, 5.74) is 0.353. The zero-order valence-corrected chi connectivity index (χ0v) is 11.6. The molecule has 1 unspecified atom stereocenters. The maximum Gasteiger partial charge on any atom is 0.387 e. The van der Waals surface area contributed by atoms with Gasteiger partial charge in [-0.05, 0) is 30.9 Å². The molecule has 0 aliphatic heterocycles. The Morgan fingerprint density at radius 2 is 2.24 bits per heavy atom. The number of likely N-dealkylation sites (N-methyl/N-ethyl adjacent to an activating group) is 1. The van der Waals surface area contributed by atoms with E-state index in [4.69, 9.17) is 0 Å². The van der Waals surface area contributed by atoms with Gasteiger partial charge >= 0.3 is 12.6 Å². The second-order valence-corrected chi connectivity index (χ2v) is 5.12. The van der Waals surface area contributed by atoms with Gasteiger partial charge in [-0.3, -0.25) is 0 Å². The lowest BCUT2D eigenvalue weighted by Crippen LogP contribution is -2.38. The Bertz CT molecular complexity index is 495. The normalized spacial score (nSPS) is 15.7. The highest BCUT2D eigenvalue weighted by molar-refractivity contribution is 5.89. The van der Waals surface area contributed by atoms with E-state index in [0.29, 0.717) is 5.69 Å². The second-order valence-electron chi connectivity index (χ2n) is 5.12. The number of carbonyl (C=O) groups is 1. The highest BCUT2D eigenvalue weighted by Crippen LogP contribution is 2.32. The third-order valence-corrected chi connectivity index (χ3v) is 3.28. The number of aliphatic hydroxyl groups is 1. The quantitative estimate of drug-likeness (QED) is 0.848. The van der Waals surface area contributed by atoms with Gasteiger partial charge in [-0.25, -0.2) is 4.79 Å². The van der Waals surface area contributed by atoms with Gasteiger partial charge in [-0.2, -0.15) is 8.78 Å². The molecular formula is C14H18F2N2O3. The van der Waals surface area contributed by atoms with Crippen molar-refractivity contribution in [3.05, 3.63) is 24.3 Å². The monoisotopic (exact) mass is 300 g/mol. The van der Waals surface area contributed by atoms with Crippen LogP contribution in [0, 0.1) is 5.92 Å². The molecule has 1 atom stereocenters. The molecule has 2 amide bonds. The third kappa shape index (κ3) is 4.86. The highest BCUT2D eigenvalue weighted by atomic mass is 19.3. The first-order chi connectivity index (χ1) is 9.95. The number of amides is 2. The zero-order chi connectivity index (χ0) is 15.4. The lowest BCUT2D eigenvalue weighted by atomic mass is 10.2. The molecule has 0 bridgehead atoms. The predicted molar refractivity (Wildman–Crippen MR) is 73.5 cm³/mol. The number of benzene rings is 1. The van der Waals surface area contributed by atoms with E-state index in [2.05, 4.69) is 10.1 Å². The van der Waals surface area contributed by atoms with Gasteiger partial charge in [0.05, 0.1) is 6.10 Å². The Morgan fingerprint density at radius 1 is 1.52 bits per heavy atom. The van der Waals surface area contributed by atoms with Crippen molar-refractivity contribution in [2.75, 3.05) is 18.9 Å². The molecule has 1 aliphatic rings. The Labute approximate surface area is 121 Å². The van der Waals surface area contributed by atoms with Crippen molar-refractivity contribution in [1.82, 2.24) is 4.90 Å². The van der Waals surface area contributed by atoms with E-state index < -0.39 is 18.7 Å². The molecule has 0 aromatic heterocycles. The summed E-state index contributed by atoms with van der Waals surface area (Å²) >= 11 is 0. The third-order valence-electron chi connectivity index (χ3n) is 3.28. The maximum atomic E-state index is 12.1. The minimum Gasteiger partial charge on any atom is -0.435 e. The smallest absolute Gasteiger partial charge is 0.387 e. The van der Waals surface area contributed by atoms with Gasteiger partial charge in [0.15, 0.2) is 0 Å². The van der Waals surface area contributed by atoms with E-state index in [1.807, 2.05) is 0 Å². The molecule has 1 saturated carbocycles. The number of halogens is 2. The largest absolute Gasteiger partial charge is 0.435 e. The van der Waals surface area contributed by atoms with Gasteiger partial charge in [0.25, 0.3) is 0 Å². The molecule has 1 aromatic rings. The van der Waals surface area contributed by atoms with Gasteiger partial charge in [-0.1, -0.05) is 6.07 Å². The predicted octanol–water partition coefficient (Wildman–Crippen LogP) is 2.52. The fourth-order valence-electron chi connectivity index (χ4n) is 1.96. The van der Waals surface area contributed by atoms with Crippen molar-refractivity contribution in [3.8, 4) is 5.75 Å². The number of ether oxygens (including phenoxy) is 1. The van der Waals surface area contributed by atoms with Crippen molar-refractivity contribution in [3.63, 3.8) is 0 Å². The Morgan fingerprint density at radius 3 is 2.86 bits per heavy atom. The van der Waals surface area contributed by atoms with Crippen LogP contribution in [0.1, 0.15) is 12.8 Å². The molecule has 1 aliphatic carbocycles. The van der Waals surface area contributed by atoms with Crippen molar-refractivity contribution >= 4 is 11.7 Å². The molecule has 0 heterocycles. The summed E-state index contributed by atoms with van der Waals surface area (Å²) in [6.45, 7) is -2.67. The summed E-state index contributed by atoms with van der Waals surface area (Å²) in [4.78, 5) is 13.3. The van der Waals surface area contributed by atoms with Gasteiger partial charge in [0, 0.05) is 25.3 Å². The second kappa shape index (κ2) is 6.71. The highest BCUT2D eigenvalue weighted by Gasteiger charge is 2.31. The van der Waals surface area contributed by atoms with Crippen LogP contribution in [-0.4, -0.2) is 42.3 Å². The topological polar surface area (TPSA) is 61.8 Å². The maximum absolute atomic E-state index is 12.1. The molecule has 1 aromatic carbocycles. The van der Waals surface area contributed by atoms with Crippen LogP contribution < -0.4 is 10.1 Å². The molecule has 0 saturated heterocycles. The van der Waals surface area contributed by atoms with E-state index in [9.17, 15) is 18.7 Å². The molecule has 2 N–H and O–H groups in total. The Hall–Kier alpha value is -1.89. The first kappa shape index (κ1) is 15.5. The lowest BCUT2D eigenvalue weighted by Gasteiger charge is -2.21. The van der Waals surface area contributed by atoms with Gasteiger partial charge in [-0.15, -0.1) is 0 Å². The minimum atomic E-state index is -2.91. The fraction of sp³-hybridized carbons (Fsp3) is 0.500. The average molecular weight is 300 g/mol. The number of aliphatic hydroxyl groups excluding tert-OH is 1. The van der Waals surface area contributed by atoms with Crippen LogP contribution in [0.3, 0.4) is 0 Å². The average Bonchev–Trinajstić information content (AvgIpc) is 3.22. The molecule has 0 spiro atoms. The molecule has 5 nitrogen and oxygen atoms in total. The lowest BCUT2D eigenvalue weighted by molar-refractivity contribution is -0.0498. The SMILES string of the molecule is CN(CC(O)C1CC1)C(=O)Nc1cccc(OC(F)F)c1. The van der Waals surface area contributed by atoms with Crippen LogP contribution in [0.2, 0.25) is 0 Å². The Kier molecular flexibility index (Phi) is 4.95. The first-order valence-electron chi connectivity index (χ1n) is 6.71. The number of rotatable bonds is 6. The molecule has 0 radical (unpaired) electrons. The van der Waals surface area contributed by atoms with Gasteiger partial charge in [0.2, 0.25) is 0 Å². The number of hydrogen-bond donors (Lipinski definition) is 2. The van der Waals surface area contributed by atoms with E-state index >= 15 is 0 Å². The number of nitrogens with one attached hydrogen (secondary N) is 1. The molecular weight excluding hydrogens is 282 g/mol. The molecule has 2 rings (SSSR count). The van der Waals surface area contributed by atoms with Crippen molar-refractivity contribution < 1.29 is 23.4 Å². The van der Waals surface area contributed by atoms with Crippen molar-refractivity contribution in [2.45, 2.75) is 25.6 Å². The van der Waals surface area contributed by atoms with Crippen LogP contribution in [0.15, 0.2) is 24.3 Å². The number of carbonyl (C=O) groups excluding carboxylic acids is 1. The molecule has 1 fully saturated rings. The van der Waals surface area contributed by atoms with E-state index in [1.54, 1.807) is 13.1 Å². The number of urea groups is 1. The van der Waals surface area contributed by atoms with Crippen LogP contribution in [-0.2, 0) is 0 Å². The fourth-order valence-corrected chi connectivity index (χ4v) is 1.96. The number of anilines is 1. The van der Waals surface area contributed by atoms with Crippen LogP contribution in [0.25, 0.3) is 0 Å². The first-order valence-corrected chi connectivity index (χ1v) is 6.71. The van der Waals surface area contributed by atoms with E-state index in [0.717, 1.165) is 12.8 Å². The minimum absolute atomic E-state index is 0.0246. The summed E-state index contributed by atoms with van der Waals surface area (Å²) in [6, 6.07) is 5.36. The van der Waals surface area contributed by atoms with Crippen LogP contribution >= 0.6 is 0 Å². The summed E-state index contributed by atoms with van der Waals surface area (Å²) in [7, 11) is 1.57. The Balaban J connectivity index is 1.88. The summed E-state index contributed by atoms with van der Waals surface area (Å²) in [5.74, 6) is 0.256. The van der Waals surface area contributed by atoms with Crippen LogP contribution in [0.4, 0.5) is 19.3 Å². The molecule has 7 heteroatoms. The van der Waals surface area contributed by atoms with E-state index in [1.165, 1.54) is 23.1 Å². The standard InChI is InChI=1S/C14H18F2N2O3/c1-18(8-12(19)9-5-6-9)14(20)17-10-3-2-4-11(7-10)21-13(15)16/h2-4,7,9,12-13,19H,5-6,8H2,1H3,(H,17,20). The number of hydrogen-bond acceptors (Lipinski definition) is 3. The van der Waals surface area contributed by atoms with Gasteiger partial charge < -0.3 is 20.1 Å². The zero-order valence-electron chi connectivity index (χ0n) is 11.6. The van der Waals surface area contributed by atoms with E-state index in [-0.39, 0.29) is 18.2 Å². The van der Waals surface area contributed by atoms with Crippen molar-refractivity contribution in [2.24, 2.45) is 5.92 Å². The molecule has 21 heavy (non-hydrogen) atoms. The summed E-state index contributed by atoms with van der Waals surface area (Å²) < 4.78 is 28.5. The van der Waals surface area contributed by atoms with Crippen molar-refractivity contribution in [1.29, 1.82) is 0 Å². The van der Waals surface area contributed by atoms with Crippen LogP contribution in [0.5, 0.6) is 5.75 Å². The number of nitrogens with zero attached hydrogens (tertiary/aromatic N) is 1.